The summed E-state index contributed by atoms with van der Waals surface area (Å²) in [6, 6.07) is 26.4. The molecule has 8 heteroatoms. The molecule has 4 aromatic carbocycles. The fraction of sp³-hybridized carbons (Fsp3) is 0.188. The second-order valence-electron chi connectivity index (χ2n) is 8.53. The van der Waals surface area contributed by atoms with Gasteiger partial charge >= 0.3 is 0 Å². The molecule has 206 valence electrons. The lowest BCUT2D eigenvalue weighted by Gasteiger charge is -2.13. The lowest BCUT2D eigenvalue weighted by atomic mass is 10.2. The summed E-state index contributed by atoms with van der Waals surface area (Å²) in [5, 5.41) is 9.72. The molecule has 4 rings (SSSR count). The third-order valence-electron chi connectivity index (χ3n) is 5.70. The van der Waals surface area contributed by atoms with Crippen LogP contribution in [0.1, 0.15) is 36.1 Å². The molecule has 0 fully saturated rings. The molecule has 0 unspecified atom stereocenters. The topological polar surface area (TPSA) is 61.6 Å². The zero-order valence-corrected chi connectivity index (χ0v) is 23.9. The molecule has 0 saturated carbocycles. The van der Waals surface area contributed by atoms with Gasteiger partial charge in [-0.15, -0.1) is 0 Å². The first kappa shape index (κ1) is 29.0. The van der Waals surface area contributed by atoms with E-state index in [4.69, 9.17) is 42.1 Å². The Bertz CT molecular complexity index is 1360. The van der Waals surface area contributed by atoms with Crippen LogP contribution in [0.2, 0.25) is 10.0 Å². The van der Waals surface area contributed by atoms with Gasteiger partial charge in [-0.2, -0.15) is 10.2 Å². The van der Waals surface area contributed by atoms with Crippen LogP contribution in [0.3, 0.4) is 0 Å². The smallest absolute Gasteiger partial charge is 0.161 e. The molecule has 0 atom stereocenters. The monoisotopic (exact) mass is 576 g/mol. The van der Waals surface area contributed by atoms with E-state index in [1.807, 2.05) is 98.8 Å². The Morgan fingerprint density at radius 3 is 1.38 bits per heavy atom. The van der Waals surface area contributed by atoms with Gasteiger partial charge in [-0.05, 0) is 73.5 Å². The third-order valence-corrected chi connectivity index (χ3v) is 6.43. The SMILES string of the molecule is CCOc1cc(C=NN=Cc2ccc(OCc3ccccc3Cl)c(OCC)c2)ccc1OCc1ccccc1Cl. The van der Waals surface area contributed by atoms with Crippen molar-refractivity contribution < 1.29 is 18.9 Å². The van der Waals surface area contributed by atoms with Crippen LogP contribution in [0.15, 0.2) is 95.1 Å². The van der Waals surface area contributed by atoms with E-state index in [0.717, 1.165) is 22.3 Å². The highest BCUT2D eigenvalue weighted by Gasteiger charge is 2.09. The van der Waals surface area contributed by atoms with E-state index < -0.39 is 0 Å². The maximum atomic E-state index is 6.25. The predicted octanol–water partition coefficient (Wildman–Crippen LogP) is 8.40. The van der Waals surface area contributed by atoms with Crippen molar-refractivity contribution in [1.82, 2.24) is 0 Å². The summed E-state index contributed by atoms with van der Waals surface area (Å²) in [6.45, 7) is 5.53. The number of halogens is 2. The first-order valence-electron chi connectivity index (χ1n) is 12.9. The molecule has 0 spiro atoms. The lowest BCUT2D eigenvalue weighted by Crippen LogP contribution is -2.01. The summed E-state index contributed by atoms with van der Waals surface area (Å²) in [6.07, 6.45) is 3.31. The van der Waals surface area contributed by atoms with E-state index in [2.05, 4.69) is 10.2 Å². The maximum absolute atomic E-state index is 6.25. The van der Waals surface area contributed by atoms with Gasteiger partial charge in [0.2, 0.25) is 0 Å². The van der Waals surface area contributed by atoms with Gasteiger partial charge < -0.3 is 18.9 Å². The molecule has 0 saturated heterocycles. The summed E-state index contributed by atoms with van der Waals surface area (Å²) in [7, 11) is 0. The fourth-order valence-corrected chi connectivity index (χ4v) is 4.11. The standard InChI is InChI=1S/C32H30Cl2N2O4/c1-3-37-31-17-23(13-15-29(31)39-21-25-9-5-7-11-27(25)33)19-35-36-20-24-14-16-30(32(18-24)38-4-2)40-22-26-10-6-8-12-28(26)34/h5-20H,3-4,21-22H2,1-2H3. The molecule has 0 aliphatic heterocycles. The van der Waals surface area contributed by atoms with Crippen LogP contribution in [0.25, 0.3) is 0 Å². The predicted molar refractivity (Wildman–Crippen MR) is 162 cm³/mol. The highest BCUT2D eigenvalue weighted by Crippen LogP contribution is 2.31. The molecule has 0 heterocycles. The van der Waals surface area contributed by atoms with Crippen molar-refractivity contribution in [3.8, 4) is 23.0 Å². The van der Waals surface area contributed by atoms with Gasteiger partial charge in [0.25, 0.3) is 0 Å². The summed E-state index contributed by atoms with van der Waals surface area (Å²) < 4.78 is 23.5. The Balaban J connectivity index is 1.40. The quantitative estimate of drug-likeness (QED) is 0.118. The summed E-state index contributed by atoms with van der Waals surface area (Å²) >= 11 is 12.5. The second-order valence-corrected chi connectivity index (χ2v) is 9.34. The molecule has 0 bridgehead atoms. The Labute approximate surface area is 244 Å². The molecule has 0 N–H and O–H groups in total. The average molecular weight is 578 g/mol. The van der Waals surface area contributed by atoms with Gasteiger partial charge in [-0.25, -0.2) is 0 Å². The summed E-state index contributed by atoms with van der Waals surface area (Å²) in [4.78, 5) is 0. The molecule has 0 aliphatic carbocycles. The number of hydrogen-bond acceptors (Lipinski definition) is 6. The van der Waals surface area contributed by atoms with Crippen LogP contribution >= 0.6 is 23.2 Å². The number of rotatable bonds is 13. The van der Waals surface area contributed by atoms with Crippen LogP contribution < -0.4 is 18.9 Å². The van der Waals surface area contributed by atoms with E-state index in [9.17, 15) is 0 Å². The number of ether oxygens (including phenoxy) is 4. The van der Waals surface area contributed by atoms with Gasteiger partial charge in [0, 0.05) is 21.2 Å². The van der Waals surface area contributed by atoms with Crippen LogP contribution in [0.5, 0.6) is 23.0 Å². The van der Waals surface area contributed by atoms with Gasteiger partial charge in [-0.3, -0.25) is 0 Å². The third kappa shape index (κ3) is 8.25. The fourth-order valence-electron chi connectivity index (χ4n) is 3.73. The van der Waals surface area contributed by atoms with E-state index >= 15 is 0 Å². The van der Waals surface area contributed by atoms with Crippen molar-refractivity contribution in [2.75, 3.05) is 13.2 Å². The van der Waals surface area contributed by atoms with E-state index in [0.29, 0.717) is 59.5 Å². The van der Waals surface area contributed by atoms with Crippen LogP contribution in [-0.4, -0.2) is 25.6 Å². The van der Waals surface area contributed by atoms with Gasteiger partial charge in [-0.1, -0.05) is 59.6 Å². The summed E-state index contributed by atoms with van der Waals surface area (Å²) in [5.74, 6) is 2.50. The lowest BCUT2D eigenvalue weighted by molar-refractivity contribution is 0.269. The molecular weight excluding hydrogens is 547 g/mol. The van der Waals surface area contributed by atoms with Crippen LogP contribution in [-0.2, 0) is 13.2 Å². The van der Waals surface area contributed by atoms with E-state index in [1.54, 1.807) is 12.4 Å². The Kier molecular flexibility index (Phi) is 10.8. The highest BCUT2D eigenvalue weighted by molar-refractivity contribution is 6.31. The van der Waals surface area contributed by atoms with Crippen LogP contribution in [0.4, 0.5) is 0 Å². The number of hydrogen-bond donors (Lipinski definition) is 0. The van der Waals surface area contributed by atoms with Gasteiger partial charge in [0.1, 0.15) is 13.2 Å². The van der Waals surface area contributed by atoms with Crippen molar-refractivity contribution in [1.29, 1.82) is 0 Å². The number of benzene rings is 4. The van der Waals surface area contributed by atoms with Crippen molar-refractivity contribution in [2.24, 2.45) is 10.2 Å². The molecular formula is C32H30Cl2N2O4. The highest BCUT2D eigenvalue weighted by atomic mass is 35.5. The Morgan fingerprint density at radius 1 is 0.550 bits per heavy atom. The minimum atomic E-state index is 0.338. The van der Waals surface area contributed by atoms with Crippen molar-refractivity contribution >= 4 is 35.6 Å². The maximum Gasteiger partial charge on any atom is 0.161 e. The molecule has 0 amide bonds. The first-order valence-corrected chi connectivity index (χ1v) is 13.7. The minimum absolute atomic E-state index is 0.338. The van der Waals surface area contributed by atoms with Crippen molar-refractivity contribution in [3.05, 3.63) is 117 Å². The second kappa shape index (κ2) is 15.0. The summed E-state index contributed by atoms with van der Waals surface area (Å²) in [5.41, 5.74) is 3.45. The Morgan fingerprint density at radius 2 is 0.975 bits per heavy atom. The zero-order chi connectivity index (χ0) is 28.2. The minimum Gasteiger partial charge on any atom is -0.490 e. The largest absolute Gasteiger partial charge is 0.490 e. The zero-order valence-electron chi connectivity index (χ0n) is 22.3. The molecule has 4 aromatic rings. The van der Waals surface area contributed by atoms with E-state index in [-0.39, 0.29) is 0 Å². The molecule has 0 aliphatic rings. The molecule has 40 heavy (non-hydrogen) atoms. The average Bonchev–Trinajstić information content (AvgIpc) is 2.96. The number of nitrogens with zero attached hydrogens (tertiary/aromatic N) is 2. The molecule has 6 nitrogen and oxygen atoms in total. The van der Waals surface area contributed by atoms with Crippen molar-refractivity contribution in [2.45, 2.75) is 27.1 Å². The normalized spacial score (nSPS) is 11.2. The van der Waals surface area contributed by atoms with Gasteiger partial charge in [0.15, 0.2) is 23.0 Å². The first-order chi connectivity index (χ1) is 19.6. The Hall–Kier alpha value is -4.00. The van der Waals surface area contributed by atoms with Gasteiger partial charge in [0.05, 0.1) is 25.6 Å². The van der Waals surface area contributed by atoms with Crippen LogP contribution in [0, 0.1) is 0 Å². The molecule has 0 radical (unpaired) electrons. The molecule has 0 aromatic heterocycles. The van der Waals surface area contributed by atoms with Crippen molar-refractivity contribution in [3.63, 3.8) is 0 Å². The van der Waals surface area contributed by atoms with E-state index in [1.165, 1.54) is 0 Å².